The minimum atomic E-state index is -1.45. The van der Waals surface area contributed by atoms with Crippen LogP contribution in [-0.4, -0.2) is 53.5 Å². The molecule has 0 aromatic carbocycles. The van der Waals surface area contributed by atoms with E-state index in [-0.39, 0.29) is 12.6 Å². The lowest BCUT2D eigenvalue weighted by Crippen LogP contribution is -2.47. The van der Waals surface area contributed by atoms with E-state index < -0.39 is 30.4 Å². The predicted octanol–water partition coefficient (Wildman–Crippen LogP) is -0.361. The zero-order valence-electron chi connectivity index (χ0n) is 10.3. The third-order valence-electron chi connectivity index (χ3n) is 1.82. The molecule has 8 nitrogen and oxygen atoms in total. The highest BCUT2D eigenvalue weighted by Gasteiger charge is 2.22. The monoisotopic (exact) mass is 262 g/mol. The van der Waals surface area contributed by atoms with Crippen molar-refractivity contribution in [3.63, 3.8) is 0 Å². The third kappa shape index (κ3) is 8.34. The number of amides is 2. The summed E-state index contributed by atoms with van der Waals surface area (Å²) in [5.74, 6) is -2.70. The number of urea groups is 1. The number of carbonyl (C=O) groups excluding carboxylic acids is 1. The Morgan fingerprint density at radius 1 is 1.22 bits per heavy atom. The van der Waals surface area contributed by atoms with Crippen molar-refractivity contribution in [1.29, 1.82) is 0 Å². The van der Waals surface area contributed by atoms with E-state index in [1.807, 2.05) is 19.2 Å². The summed E-state index contributed by atoms with van der Waals surface area (Å²) in [4.78, 5) is 32.3. The third-order valence-corrected chi connectivity index (χ3v) is 1.82. The van der Waals surface area contributed by atoms with E-state index in [1.54, 1.807) is 0 Å². The van der Waals surface area contributed by atoms with Crippen LogP contribution >= 0.6 is 0 Å². The molecule has 0 bridgehead atoms. The summed E-state index contributed by atoms with van der Waals surface area (Å²) in [6.45, 7) is 4.19. The van der Waals surface area contributed by atoms with Gasteiger partial charge < -0.3 is 25.6 Å². The minimum Gasteiger partial charge on any atom is -0.481 e. The second kappa shape index (κ2) is 8.29. The summed E-state index contributed by atoms with van der Waals surface area (Å²) in [6.07, 6.45) is -0.640. The van der Waals surface area contributed by atoms with Crippen LogP contribution in [0.3, 0.4) is 0 Å². The number of carboxylic acid groups (broad SMARTS) is 2. The fourth-order valence-corrected chi connectivity index (χ4v) is 1.04. The van der Waals surface area contributed by atoms with Gasteiger partial charge in [0.25, 0.3) is 0 Å². The number of rotatable bonds is 8. The molecule has 8 heteroatoms. The summed E-state index contributed by atoms with van der Waals surface area (Å²) in [7, 11) is 0. The van der Waals surface area contributed by atoms with Gasteiger partial charge in [-0.2, -0.15) is 0 Å². The van der Waals surface area contributed by atoms with Gasteiger partial charge in [-0.25, -0.2) is 9.59 Å². The maximum Gasteiger partial charge on any atom is 0.326 e. The molecule has 0 rings (SSSR count). The summed E-state index contributed by atoms with van der Waals surface area (Å²) < 4.78 is 5.16. The van der Waals surface area contributed by atoms with Gasteiger partial charge in [0.2, 0.25) is 0 Å². The molecule has 0 aromatic rings. The Labute approximate surface area is 104 Å². The first-order valence-corrected chi connectivity index (χ1v) is 5.43. The Morgan fingerprint density at radius 3 is 2.28 bits per heavy atom. The van der Waals surface area contributed by atoms with Gasteiger partial charge in [0.15, 0.2) is 0 Å². The van der Waals surface area contributed by atoms with Crippen LogP contribution in [0, 0.1) is 0 Å². The van der Waals surface area contributed by atoms with Crippen LogP contribution < -0.4 is 10.6 Å². The summed E-state index contributed by atoms with van der Waals surface area (Å²) >= 11 is 0. The molecular formula is C10H18N2O6. The van der Waals surface area contributed by atoms with Crippen LogP contribution in [0.2, 0.25) is 0 Å². The fraction of sp³-hybridized carbons (Fsp3) is 0.700. The average Bonchev–Trinajstić information content (AvgIpc) is 2.22. The fourth-order valence-electron chi connectivity index (χ4n) is 1.04. The van der Waals surface area contributed by atoms with Crippen molar-refractivity contribution in [3.8, 4) is 0 Å². The van der Waals surface area contributed by atoms with Crippen molar-refractivity contribution in [2.24, 2.45) is 0 Å². The van der Waals surface area contributed by atoms with E-state index in [0.29, 0.717) is 6.61 Å². The molecule has 1 atom stereocenters. The molecule has 0 saturated carbocycles. The molecule has 0 spiro atoms. The highest BCUT2D eigenvalue weighted by Crippen LogP contribution is 1.92. The molecule has 4 N–H and O–H groups in total. The number of ether oxygens (including phenoxy) is 1. The van der Waals surface area contributed by atoms with E-state index >= 15 is 0 Å². The summed E-state index contributed by atoms with van der Waals surface area (Å²) in [5.41, 5.74) is 0. The number of hydrogen-bond acceptors (Lipinski definition) is 4. The standard InChI is InChI=1S/C10H18N2O6/c1-6(2)18-4-3-11-10(17)12-7(9(15)16)5-8(13)14/h6-7H,3-5H2,1-2H3,(H,13,14)(H,15,16)(H2,11,12,17). The Balaban J connectivity index is 3.95. The van der Waals surface area contributed by atoms with E-state index in [4.69, 9.17) is 14.9 Å². The number of carboxylic acids is 2. The van der Waals surface area contributed by atoms with Crippen LogP contribution in [0.5, 0.6) is 0 Å². The number of aliphatic carboxylic acids is 2. The van der Waals surface area contributed by atoms with Gasteiger partial charge in [-0.3, -0.25) is 4.79 Å². The number of carbonyl (C=O) groups is 3. The van der Waals surface area contributed by atoms with Crippen molar-refractivity contribution in [2.75, 3.05) is 13.2 Å². The van der Waals surface area contributed by atoms with Crippen LogP contribution in [-0.2, 0) is 14.3 Å². The Bertz CT molecular complexity index is 305. The van der Waals surface area contributed by atoms with E-state index in [2.05, 4.69) is 5.32 Å². The van der Waals surface area contributed by atoms with Crippen molar-refractivity contribution in [3.05, 3.63) is 0 Å². The van der Waals surface area contributed by atoms with Crippen molar-refractivity contribution >= 4 is 18.0 Å². The van der Waals surface area contributed by atoms with Gasteiger partial charge >= 0.3 is 18.0 Å². The van der Waals surface area contributed by atoms with Crippen LogP contribution in [0.1, 0.15) is 20.3 Å². The first kappa shape index (κ1) is 16.2. The smallest absolute Gasteiger partial charge is 0.326 e. The molecule has 18 heavy (non-hydrogen) atoms. The highest BCUT2D eigenvalue weighted by atomic mass is 16.5. The topological polar surface area (TPSA) is 125 Å². The zero-order valence-corrected chi connectivity index (χ0v) is 10.3. The number of hydrogen-bond donors (Lipinski definition) is 4. The molecule has 0 aromatic heterocycles. The highest BCUT2D eigenvalue weighted by molar-refractivity contribution is 5.86. The molecule has 0 heterocycles. The van der Waals surface area contributed by atoms with E-state index in [9.17, 15) is 14.4 Å². The van der Waals surface area contributed by atoms with Gasteiger partial charge in [0, 0.05) is 6.54 Å². The SMILES string of the molecule is CC(C)OCCNC(=O)NC(CC(=O)O)C(=O)O. The molecule has 0 radical (unpaired) electrons. The predicted molar refractivity (Wildman–Crippen MR) is 61.3 cm³/mol. The Kier molecular flexibility index (Phi) is 7.45. The molecule has 0 aliphatic rings. The average molecular weight is 262 g/mol. The lowest BCUT2D eigenvalue weighted by atomic mass is 10.2. The minimum absolute atomic E-state index is 0.0358. The van der Waals surface area contributed by atoms with Gasteiger partial charge in [-0.05, 0) is 13.8 Å². The normalized spacial score (nSPS) is 11.9. The summed E-state index contributed by atoms with van der Waals surface area (Å²) in [6, 6.07) is -2.19. The van der Waals surface area contributed by atoms with Gasteiger partial charge in [0.1, 0.15) is 6.04 Å². The summed E-state index contributed by atoms with van der Waals surface area (Å²) in [5, 5.41) is 21.6. The lowest BCUT2D eigenvalue weighted by Gasteiger charge is -2.13. The lowest BCUT2D eigenvalue weighted by molar-refractivity contribution is -0.145. The molecule has 0 aliphatic carbocycles. The van der Waals surface area contributed by atoms with Crippen LogP contribution in [0.15, 0.2) is 0 Å². The molecule has 0 fully saturated rings. The molecule has 104 valence electrons. The molecular weight excluding hydrogens is 244 g/mol. The largest absolute Gasteiger partial charge is 0.481 e. The van der Waals surface area contributed by atoms with Gasteiger partial charge in [0.05, 0.1) is 19.1 Å². The second-order valence-corrected chi connectivity index (χ2v) is 3.81. The van der Waals surface area contributed by atoms with Gasteiger partial charge in [-0.15, -0.1) is 0 Å². The number of nitrogens with one attached hydrogen (secondary N) is 2. The molecule has 0 saturated heterocycles. The van der Waals surface area contributed by atoms with Crippen molar-refractivity contribution in [1.82, 2.24) is 10.6 Å². The first-order valence-electron chi connectivity index (χ1n) is 5.43. The second-order valence-electron chi connectivity index (χ2n) is 3.81. The Morgan fingerprint density at radius 2 is 1.83 bits per heavy atom. The maximum absolute atomic E-state index is 11.3. The van der Waals surface area contributed by atoms with E-state index in [0.717, 1.165) is 0 Å². The quantitative estimate of drug-likeness (QED) is 0.443. The first-order chi connectivity index (χ1) is 8.32. The van der Waals surface area contributed by atoms with Crippen molar-refractivity contribution in [2.45, 2.75) is 32.4 Å². The maximum atomic E-state index is 11.3. The molecule has 1 unspecified atom stereocenters. The van der Waals surface area contributed by atoms with Crippen molar-refractivity contribution < 1.29 is 29.3 Å². The van der Waals surface area contributed by atoms with Gasteiger partial charge in [-0.1, -0.05) is 0 Å². The zero-order chi connectivity index (χ0) is 14.1. The molecule has 0 aliphatic heterocycles. The van der Waals surface area contributed by atoms with Crippen LogP contribution in [0.25, 0.3) is 0 Å². The molecule has 2 amide bonds. The van der Waals surface area contributed by atoms with Crippen LogP contribution in [0.4, 0.5) is 4.79 Å². The Hall–Kier alpha value is -1.83. The van der Waals surface area contributed by atoms with E-state index in [1.165, 1.54) is 0 Å².